The molecule has 5 rings (SSSR count). The van der Waals surface area contributed by atoms with Crippen molar-refractivity contribution in [1.29, 1.82) is 0 Å². The van der Waals surface area contributed by atoms with Gasteiger partial charge in [0.05, 0.1) is 17.8 Å². The van der Waals surface area contributed by atoms with Crippen molar-refractivity contribution in [1.82, 2.24) is 19.8 Å². The molecule has 0 saturated carbocycles. The Hall–Kier alpha value is -3.71. The summed E-state index contributed by atoms with van der Waals surface area (Å²) in [6.45, 7) is 2.59. The van der Waals surface area contributed by atoms with E-state index in [-0.39, 0.29) is 18.0 Å². The van der Waals surface area contributed by atoms with Crippen molar-refractivity contribution >= 4 is 39.7 Å². The molecule has 0 unspecified atom stereocenters. The Morgan fingerprint density at radius 2 is 1.85 bits per heavy atom. The number of hydrogen-bond donors (Lipinski definition) is 2. The fourth-order valence-electron chi connectivity index (χ4n) is 4.67. The summed E-state index contributed by atoms with van der Waals surface area (Å²) in [7, 11) is 2.06. The van der Waals surface area contributed by atoms with Gasteiger partial charge in [0.1, 0.15) is 0 Å². The van der Waals surface area contributed by atoms with Crippen molar-refractivity contribution in [2.45, 2.75) is 25.4 Å². The molecule has 1 aliphatic rings. The molecule has 172 valence electrons. The molecule has 4 aromatic rings. The van der Waals surface area contributed by atoms with Crippen LogP contribution in [0.3, 0.4) is 0 Å². The molecular formula is C27H27N5OS. The molecule has 0 radical (unpaired) electrons. The van der Waals surface area contributed by atoms with Crippen LogP contribution in [0, 0.1) is 6.92 Å². The van der Waals surface area contributed by atoms with Gasteiger partial charge >= 0.3 is 0 Å². The molecule has 6 nitrogen and oxygen atoms in total. The van der Waals surface area contributed by atoms with Gasteiger partial charge < -0.3 is 20.1 Å². The summed E-state index contributed by atoms with van der Waals surface area (Å²) in [5, 5.41) is 9.31. The Labute approximate surface area is 204 Å². The Kier molecular flexibility index (Phi) is 6.02. The van der Waals surface area contributed by atoms with Gasteiger partial charge in [0.2, 0.25) is 5.91 Å². The van der Waals surface area contributed by atoms with Crippen LogP contribution in [-0.2, 0) is 11.8 Å². The molecule has 1 amide bonds. The molecule has 1 fully saturated rings. The zero-order chi connectivity index (χ0) is 23.7. The van der Waals surface area contributed by atoms with Crippen LogP contribution >= 0.6 is 12.2 Å². The maximum Gasteiger partial charge on any atom is 0.226 e. The van der Waals surface area contributed by atoms with Crippen molar-refractivity contribution in [3.8, 4) is 0 Å². The van der Waals surface area contributed by atoms with Gasteiger partial charge in [-0.2, -0.15) is 0 Å². The molecule has 2 atom stereocenters. The van der Waals surface area contributed by atoms with Crippen LogP contribution in [0.5, 0.6) is 0 Å². The van der Waals surface area contributed by atoms with Gasteiger partial charge in [0.15, 0.2) is 5.11 Å². The van der Waals surface area contributed by atoms with Crippen molar-refractivity contribution < 1.29 is 4.79 Å². The maximum absolute atomic E-state index is 13.0. The number of thiocarbonyl (C=S) groups is 1. The number of nitrogens with one attached hydrogen (secondary N) is 2. The summed E-state index contributed by atoms with van der Waals surface area (Å²) in [6, 6.07) is 24.0. The lowest BCUT2D eigenvalue weighted by Gasteiger charge is -2.28. The summed E-state index contributed by atoms with van der Waals surface area (Å²) in [5.74, 6) is -0.0396. The SMILES string of the molecule is Cc1ccc([C@@H]2[C@@H](c3ccccn3)NC(=S)N2CCC(=O)Nc2cccc3ccccc23)n1C. The molecule has 1 aliphatic heterocycles. The van der Waals surface area contributed by atoms with Crippen LogP contribution < -0.4 is 10.6 Å². The summed E-state index contributed by atoms with van der Waals surface area (Å²) in [6.07, 6.45) is 2.12. The van der Waals surface area contributed by atoms with Crippen molar-refractivity contribution in [3.63, 3.8) is 0 Å². The highest BCUT2D eigenvalue weighted by atomic mass is 32.1. The zero-order valence-electron chi connectivity index (χ0n) is 19.2. The van der Waals surface area contributed by atoms with Crippen LogP contribution in [0.4, 0.5) is 5.69 Å². The number of carbonyl (C=O) groups is 1. The van der Waals surface area contributed by atoms with E-state index < -0.39 is 0 Å². The van der Waals surface area contributed by atoms with Crippen LogP contribution in [0.1, 0.15) is 35.6 Å². The van der Waals surface area contributed by atoms with Gasteiger partial charge in [-0.15, -0.1) is 0 Å². The Balaban J connectivity index is 1.37. The zero-order valence-corrected chi connectivity index (χ0v) is 20.0. The first-order chi connectivity index (χ1) is 16.5. The lowest BCUT2D eigenvalue weighted by Crippen LogP contribution is -2.33. The van der Waals surface area contributed by atoms with Crippen LogP contribution in [0.15, 0.2) is 79.0 Å². The lowest BCUT2D eigenvalue weighted by molar-refractivity contribution is -0.116. The van der Waals surface area contributed by atoms with E-state index in [2.05, 4.69) is 51.2 Å². The van der Waals surface area contributed by atoms with E-state index in [1.54, 1.807) is 6.20 Å². The number of nitrogens with zero attached hydrogens (tertiary/aromatic N) is 3. The molecule has 0 bridgehead atoms. The predicted octanol–water partition coefficient (Wildman–Crippen LogP) is 4.88. The highest BCUT2D eigenvalue weighted by Gasteiger charge is 2.41. The van der Waals surface area contributed by atoms with E-state index in [9.17, 15) is 4.79 Å². The highest BCUT2D eigenvalue weighted by molar-refractivity contribution is 7.80. The molecule has 1 saturated heterocycles. The van der Waals surface area contributed by atoms with E-state index in [1.807, 2.05) is 60.7 Å². The van der Waals surface area contributed by atoms with Crippen LogP contribution in [0.2, 0.25) is 0 Å². The van der Waals surface area contributed by atoms with E-state index in [1.165, 1.54) is 5.69 Å². The summed E-state index contributed by atoms with van der Waals surface area (Å²) in [4.78, 5) is 19.7. The molecule has 2 aromatic carbocycles. The fourth-order valence-corrected chi connectivity index (χ4v) is 5.00. The van der Waals surface area contributed by atoms with Gasteiger partial charge in [0, 0.05) is 48.7 Å². The Bertz CT molecular complexity index is 1340. The monoisotopic (exact) mass is 469 g/mol. The maximum atomic E-state index is 13.0. The molecule has 0 aliphatic carbocycles. The van der Waals surface area contributed by atoms with Crippen molar-refractivity contribution in [3.05, 3.63) is 96.1 Å². The molecule has 7 heteroatoms. The van der Waals surface area contributed by atoms with E-state index >= 15 is 0 Å². The summed E-state index contributed by atoms with van der Waals surface area (Å²) >= 11 is 5.74. The number of fused-ring (bicyclic) bond motifs is 1. The summed E-state index contributed by atoms with van der Waals surface area (Å²) in [5.41, 5.74) is 4.05. The van der Waals surface area contributed by atoms with Gasteiger partial charge in [-0.1, -0.05) is 42.5 Å². The first kappa shape index (κ1) is 22.1. The number of carbonyl (C=O) groups excluding carboxylic acids is 1. The molecular weight excluding hydrogens is 442 g/mol. The molecule has 2 aromatic heterocycles. The number of hydrogen-bond acceptors (Lipinski definition) is 3. The normalized spacial score (nSPS) is 17.7. The highest BCUT2D eigenvalue weighted by Crippen LogP contribution is 2.39. The number of anilines is 1. The minimum atomic E-state index is -0.0946. The Morgan fingerprint density at radius 3 is 2.62 bits per heavy atom. The number of aryl methyl sites for hydroxylation is 1. The van der Waals surface area contributed by atoms with Gasteiger partial charge in [-0.3, -0.25) is 9.78 Å². The molecule has 34 heavy (non-hydrogen) atoms. The number of rotatable bonds is 6. The van der Waals surface area contributed by atoms with Crippen molar-refractivity contribution in [2.24, 2.45) is 7.05 Å². The second-order valence-electron chi connectivity index (χ2n) is 8.60. The van der Waals surface area contributed by atoms with E-state index in [0.29, 0.717) is 18.1 Å². The molecule has 2 N–H and O–H groups in total. The first-order valence-corrected chi connectivity index (χ1v) is 11.8. The van der Waals surface area contributed by atoms with Gasteiger partial charge in [0.25, 0.3) is 0 Å². The van der Waals surface area contributed by atoms with Crippen LogP contribution in [-0.4, -0.2) is 32.0 Å². The second kappa shape index (κ2) is 9.27. The third-order valence-electron chi connectivity index (χ3n) is 6.56. The van der Waals surface area contributed by atoms with Gasteiger partial charge in [-0.25, -0.2) is 0 Å². The minimum Gasteiger partial charge on any atom is -0.352 e. The second-order valence-corrected chi connectivity index (χ2v) is 8.99. The summed E-state index contributed by atoms with van der Waals surface area (Å²) < 4.78 is 2.18. The lowest BCUT2D eigenvalue weighted by atomic mass is 10.0. The van der Waals surface area contributed by atoms with Gasteiger partial charge in [-0.05, 0) is 54.9 Å². The largest absolute Gasteiger partial charge is 0.352 e. The third kappa shape index (κ3) is 4.15. The molecule has 0 spiro atoms. The smallest absolute Gasteiger partial charge is 0.226 e. The van der Waals surface area contributed by atoms with E-state index in [0.717, 1.165) is 27.8 Å². The Morgan fingerprint density at radius 1 is 1.06 bits per heavy atom. The van der Waals surface area contributed by atoms with E-state index in [4.69, 9.17) is 12.2 Å². The number of aromatic nitrogens is 2. The number of pyridine rings is 1. The van der Waals surface area contributed by atoms with Crippen LogP contribution in [0.25, 0.3) is 10.8 Å². The minimum absolute atomic E-state index is 0.0396. The quantitative estimate of drug-likeness (QED) is 0.394. The number of benzene rings is 2. The average Bonchev–Trinajstić information content (AvgIpc) is 3.36. The number of amides is 1. The first-order valence-electron chi connectivity index (χ1n) is 11.4. The fraction of sp³-hybridized carbons (Fsp3) is 0.222. The average molecular weight is 470 g/mol. The molecule has 3 heterocycles. The third-order valence-corrected chi connectivity index (χ3v) is 6.91. The van der Waals surface area contributed by atoms with Crippen molar-refractivity contribution in [2.75, 3.05) is 11.9 Å². The predicted molar refractivity (Wildman–Crippen MR) is 140 cm³/mol. The topological polar surface area (TPSA) is 62.2 Å². The standard InChI is InChI=1S/C27H27N5OS/c1-18-13-14-23(31(18)2)26-25(22-11-5-6-16-28-22)30-27(34)32(26)17-15-24(33)29-21-12-7-9-19-8-3-4-10-20(19)21/h3-14,16,25-26H,15,17H2,1-2H3,(H,29,33)(H,30,34)/t25-,26-/m1/s1.